The van der Waals surface area contributed by atoms with Crippen molar-refractivity contribution in [2.75, 3.05) is 6.54 Å². The molecule has 1 N–H and O–H groups in total. The van der Waals surface area contributed by atoms with Crippen molar-refractivity contribution in [1.29, 1.82) is 0 Å². The molecule has 0 fully saturated rings. The van der Waals surface area contributed by atoms with E-state index in [2.05, 4.69) is 17.2 Å². The highest BCUT2D eigenvalue weighted by molar-refractivity contribution is 6.30. The average molecular weight is 449 g/mol. The van der Waals surface area contributed by atoms with E-state index in [1.54, 1.807) is 6.20 Å². The van der Waals surface area contributed by atoms with Gasteiger partial charge in [-0.3, -0.25) is 9.78 Å². The molecule has 0 saturated carbocycles. The summed E-state index contributed by atoms with van der Waals surface area (Å²) in [7, 11) is 0. The standard InChI is InChI=1S/C26H22Cl2N2O/c1-17(18-7-11-20(27)12-8-18)24(19-9-13-21(28)14-10-19)16-30-26(31)23-4-2-6-25-22(23)5-3-15-29-25/h2-15,17,24H,16H2,1H3,(H,30,31). The summed E-state index contributed by atoms with van der Waals surface area (Å²) in [6, 6.07) is 25.0. The molecule has 156 valence electrons. The van der Waals surface area contributed by atoms with Gasteiger partial charge in [0.25, 0.3) is 5.91 Å². The van der Waals surface area contributed by atoms with Crippen LogP contribution in [0.5, 0.6) is 0 Å². The number of rotatable bonds is 6. The maximum atomic E-state index is 13.1. The summed E-state index contributed by atoms with van der Waals surface area (Å²) < 4.78 is 0. The van der Waals surface area contributed by atoms with E-state index in [4.69, 9.17) is 23.2 Å². The summed E-state index contributed by atoms with van der Waals surface area (Å²) in [5, 5.41) is 5.38. The van der Waals surface area contributed by atoms with Crippen molar-refractivity contribution < 1.29 is 4.79 Å². The van der Waals surface area contributed by atoms with Crippen molar-refractivity contribution in [1.82, 2.24) is 10.3 Å². The molecule has 31 heavy (non-hydrogen) atoms. The predicted octanol–water partition coefficient (Wildman–Crippen LogP) is 6.86. The number of halogens is 2. The van der Waals surface area contributed by atoms with Crippen LogP contribution >= 0.6 is 23.2 Å². The molecular formula is C26H22Cl2N2O. The van der Waals surface area contributed by atoms with Gasteiger partial charge in [-0.15, -0.1) is 0 Å². The van der Waals surface area contributed by atoms with Gasteiger partial charge in [0.15, 0.2) is 0 Å². The lowest BCUT2D eigenvalue weighted by atomic mass is 9.82. The highest BCUT2D eigenvalue weighted by Crippen LogP contribution is 2.33. The molecule has 1 aromatic heterocycles. The lowest BCUT2D eigenvalue weighted by Gasteiger charge is -2.26. The number of carbonyl (C=O) groups is 1. The maximum Gasteiger partial charge on any atom is 0.251 e. The number of nitrogens with one attached hydrogen (secondary N) is 1. The van der Waals surface area contributed by atoms with Crippen LogP contribution in [0.4, 0.5) is 0 Å². The van der Waals surface area contributed by atoms with Crippen LogP contribution in [0.3, 0.4) is 0 Å². The largest absolute Gasteiger partial charge is 0.351 e. The van der Waals surface area contributed by atoms with E-state index in [-0.39, 0.29) is 17.7 Å². The van der Waals surface area contributed by atoms with Crippen LogP contribution in [-0.4, -0.2) is 17.4 Å². The molecule has 0 radical (unpaired) electrons. The van der Waals surface area contributed by atoms with Gasteiger partial charge >= 0.3 is 0 Å². The number of aromatic nitrogens is 1. The Labute approximate surface area is 192 Å². The van der Waals surface area contributed by atoms with E-state index in [0.29, 0.717) is 22.2 Å². The summed E-state index contributed by atoms with van der Waals surface area (Å²) >= 11 is 12.2. The van der Waals surface area contributed by atoms with Crippen molar-refractivity contribution in [3.63, 3.8) is 0 Å². The van der Waals surface area contributed by atoms with Gasteiger partial charge in [0, 0.05) is 39.7 Å². The van der Waals surface area contributed by atoms with Gasteiger partial charge in [0.05, 0.1) is 5.52 Å². The number of fused-ring (bicyclic) bond motifs is 1. The molecule has 3 nitrogen and oxygen atoms in total. The third-order valence-corrected chi connectivity index (χ3v) is 6.17. The molecule has 2 atom stereocenters. The molecule has 0 bridgehead atoms. The van der Waals surface area contributed by atoms with Crippen molar-refractivity contribution in [3.05, 3.63) is 112 Å². The highest BCUT2D eigenvalue weighted by atomic mass is 35.5. The molecular weight excluding hydrogens is 427 g/mol. The molecule has 1 amide bonds. The first-order valence-corrected chi connectivity index (χ1v) is 10.9. The smallest absolute Gasteiger partial charge is 0.251 e. The number of benzene rings is 3. The molecule has 1 heterocycles. The second-order valence-corrected chi connectivity index (χ2v) is 8.46. The fourth-order valence-electron chi connectivity index (χ4n) is 3.89. The van der Waals surface area contributed by atoms with Crippen LogP contribution in [0, 0.1) is 0 Å². The molecule has 2 unspecified atom stereocenters. The molecule has 0 aliphatic carbocycles. The average Bonchev–Trinajstić information content (AvgIpc) is 2.80. The maximum absolute atomic E-state index is 13.1. The first-order valence-electron chi connectivity index (χ1n) is 10.2. The zero-order chi connectivity index (χ0) is 21.8. The Bertz CT molecular complexity index is 1180. The van der Waals surface area contributed by atoms with Crippen LogP contribution in [-0.2, 0) is 0 Å². The van der Waals surface area contributed by atoms with Crippen LogP contribution < -0.4 is 5.32 Å². The zero-order valence-corrected chi connectivity index (χ0v) is 18.6. The first kappa shape index (κ1) is 21.4. The number of hydrogen-bond donors (Lipinski definition) is 1. The number of nitrogens with zero attached hydrogens (tertiary/aromatic N) is 1. The SMILES string of the molecule is CC(c1ccc(Cl)cc1)C(CNC(=O)c1cccc2ncccc12)c1ccc(Cl)cc1. The van der Waals surface area contributed by atoms with Crippen LogP contribution in [0.1, 0.15) is 40.2 Å². The fourth-order valence-corrected chi connectivity index (χ4v) is 4.14. The Kier molecular flexibility index (Phi) is 6.55. The second kappa shape index (κ2) is 9.51. The Morgan fingerprint density at radius 1 is 0.871 bits per heavy atom. The molecule has 5 heteroatoms. The molecule has 0 spiro atoms. The Balaban J connectivity index is 1.60. The number of amides is 1. The summed E-state index contributed by atoms with van der Waals surface area (Å²) in [4.78, 5) is 17.4. The summed E-state index contributed by atoms with van der Waals surface area (Å²) in [5.41, 5.74) is 3.71. The highest BCUT2D eigenvalue weighted by Gasteiger charge is 2.22. The van der Waals surface area contributed by atoms with E-state index >= 15 is 0 Å². The van der Waals surface area contributed by atoms with E-state index in [9.17, 15) is 4.79 Å². The van der Waals surface area contributed by atoms with Crippen molar-refractivity contribution in [3.8, 4) is 0 Å². The third kappa shape index (κ3) is 4.90. The minimum absolute atomic E-state index is 0.0653. The molecule has 0 aliphatic rings. The Morgan fingerprint density at radius 2 is 1.52 bits per heavy atom. The topological polar surface area (TPSA) is 42.0 Å². The summed E-state index contributed by atoms with van der Waals surface area (Å²) in [6.45, 7) is 2.65. The molecule has 3 aromatic carbocycles. The zero-order valence-electron chi connectivity index (χ0n) is 17.1. The minimum atomic E-state index is -0.110. The van der Waals surface area contributed by atoms with Gasteiger partial charge < -0.3 is 5.32 Å². The van der Waals surface area contributed by atoms with Crippen LogP contribution in [0.25, 0.3) is 10.9 Å². The Morgan fingerprint density at radius 3 is 2.19 bits per heavy atom. The van der Waals surface area contributed by atoms with E-state index in [1.165, 1.54) is 0 Å². The minimum Gasteiger partial charge on any atom is -0.351 e. The van der Waals surface area contributed by atoms with Crippen molar-refractivity contribution in [2.24, 2.45) is 0 Å². The lowest BCUT2D eigenvalue weighted by molar-refractivity contribution is 0.0952. The van der Waals surface area contributed by atoms with Crippen molar-refractivity contribution in [2.45, 2.75) is 18.8 Å². The molecule has 0 saturated heterocycles. The van der Waals surface area contributed by atoms with E-state index in [0.717, 1.165) is 22.0 Å². The summed E-state index contributed by atoms with van der Waals surface area (Å²) in [5.74, 6) is 0.115. The predicted molar refractivity (Wildman–Crippen MR) is 128 cm³/mol. The monoisotopic (exact) mass is 448 g/mol. The van der Waals surface area contributed by atoms with Gasteiger partial charge in [-0.25, -0.2) is 0 Å². The van der Waals surface area contributed by atoms with E-state index in [1.807, 2.05) is 78.9 Å². The summed E-state index contributed by atoms with van der Waals surface area (Å²) in [6.07, 6.45) is 1.73. The van der Waals surface area contributed by atoms with Gasteiger partial charge in [0.2, 0.25) is 0 Å². The quantitative estimate of drug-likeness (QED) is 0.350. The van der Waals surface area contributed by atoms with Gasteiger partial charge in [-0.2, -0.15) is 0 Å². The molecule has 0 aliphatic heterocycles. The molecule has 4 aromatic rings. The van der Waals surface area contributed by atoms with Gasteiger partial charge in [0.1, 0.15) is 0 Å². The third-order valence-electron chi connectivity index (χ3n) is 5.67. The van der Waals surface area contributed by atoms with Crippen molar-refractivity contribution >= 4 is 40.0 Å². The van der Waals surface area contributed by atoms with Crippen LogP contribution in [0.15, 0.2) is 85.1 Å². The molecule has 4 rings (SSSR count). The van der Waals surface area contributed by atoms with Crippen LogP contribution in [0.2, 0.25) is 10.0 Å². The second-order valence-electron chi connectivity index (χ2n) is 7.58. The van der Waals surface area contributed by atoms with Gasteiger partial charge in [-0.05, 0) is 59.5 Å². The number of carbonyl (C=O) groups excluding carboxylic acids is 1. The lowest BCUT2D eigenvalue weighted by Crippen LogP contribution is -2.30. The fraction of sp³-hybridized carbons (Fsp3) is 0.154. The first-order chi connectivity index (χ1) is 15.0. The normalized spacial score (nSPS) is 13.0. The Hall–Kier alpha value is -2.88. The number of pyridine rings is 1. The van der Waals surface area contributed by atoms with Gasteiger partial charge in [-0.1, -0.05) is 66.5 Å². The van der Waals surface area contributed by atoms with E-state index < -0.39 is 0 Å². The number of hydrogen-bond acceptors (Lipinski definition) is 2.